The standard InChI is InChI=1S/C27H34N4OS/c1-16(2)31(5)15-29-23-6-18(4)24(7-17(23)3)32-26-22(14-28)25(30-33-26)27-11-19-8-20(12-27)10-21(9-19)13-27/h6-7,15-16,19-21H,8-13H2,1-5H3. The SMILES string of the molecule is Cc1cc(Oc2snc(C34CC5CC(CC(C5)C3)C4)c2C#N)c(C)cc1N=CN(C)C(C)C. The zero-order valence-electron chi connectivity index (χ0n) is 20.4. The molecule has 0 saturated heterocycles. The maximum absolute atomic E-state index is 10.1. The lowest BCUT2D eigenvalue weighted by Gasteiger charge is -2.56. The molecule has 1 aromatic carbocycles. The Bertz CT molecular complexity index is 1090. The summed E-state index contributed by atoms with van der Waals surface area (Å²) < 4.78 is 11.2. The van der Waals surface area contributed by atoms with Crippen molar-refractivity contribution in [2.24, 2.45) is 22.7 Å². The van der Waals surface area contributed by atoms with Crippen molar-refractivity contribution in [1.29, 1.82) is 5.26 Å². The van der Waals surface area contributed by atoms with Crippen LogP contribution in [-0.4, -0.2) is 28.7 Å². The summed E-state index contributed by atoms with van der Waals surface area (Å²) in [6, 6.07) is 6.96. The van der Waals surface area contributed by atoms with E-state index in [1.807, 2.05) is 33.3 Å². The predicted octanol–water partition coefficient (Wildman–Crippen LogP) is 6.89. The van der Waals surface area contributed by atoms with Gasteiger partial charge in [-0.05, 0) is 107 Å². The van der Waals surface area contributed by atoms with Gasteiger partial charge in [0, 0.05) is 30.0 Å². The van der Waals surface area contributed by atoms with Gasteiger partial charge in [-0.1, -0.05) is 0 Å². The number of aryl methyl sites for hydroxylation is 2. The van der Waals surface area contributed by atoms with Gasteiger partial charge < -0.3 is 9.64 Å². The summed E-state index contributed by atoms with van der Waals surface area (Å²) in [6.07, 6.45) is 9.63. The first-order valence-corrected chi connectivity index (χ1v) is 13.0. The highest BCUT2D eigenvalue weighted by molar-refractivity contribution is 7.08. The molecule has 5 nitrogen and oxygen atoms in total. The Labute approximate surface area is 201 Å². The van der Waals surface area contributed by atoms with Gasteiger partial charge in [0.15, 0.2) is 0 Å². The lowest BCUT2D eigenvalue weighted by atomic mass is 9.48. The maximum Gasteiger partial charge on any atom is 0.218 e. The van der Waals surface area contributed by atoms with Crippen LogP contribution in [0.4, 0.5) is 5.69 Å². The fourth-order valence-corrected chi connectivity index (χ4v) is 7.44. The third-order valence-corrected chi connectivity index (χ3v) is 8.93. The van der Waals surface area contributed by atoms with E-state index in [4.69, 9.17) is 9.11 Å². The number of aromatic nitrogens is 1. The minimum Gasteiger partial charge on any atom is -0.443 e. The first-order chi connectivity index (χ1) is 15.8. The van der Waals surface area contributed by atoms with Gasteiger partial charge in [-0.15, -0.1) is 0 Å². The second kappa shape index (κ2) is 8.43. The third kappa shape index (κ3) is 4.05. The van der Waals surface area contributed by atoms with E-state index in [2.05, 4.69) is 35.9 Å². The van der Waals surface area contributed by atoms with Crippen molar-refractivity contribution < 1.29 is 4.74 Å². The van der Waals surface area contributed by atoms with Gasteiger partial charge in [0.05, 0.1) is 17.7 Å². The number of rotatable bonds is 6. The van der Waals surface area contributed by atoms with Crippen molar-refractivity contribution in [3.05, 3.63) is 34.5 Å². The highest BCUT2D eigenvalue weighted by atomic mass is 32.1. The quantitative estimate of drug-likeness (QED) is 0.346. The fourth-order valence-electron chi connectivity index (χ4n) is 6.62. The molecule has 1 aromatic heterocycles. The molecule has 0 spiro atoms. The van der Waals surface area contributed by atoms with Crippen molar-refractivity contribution in [1.82, 2.24) is 9.27 Å². The van der Waals surface area contributed by atoms with Crippen molar-refractivity contribution in [2.75, 3.05) is 7.05 Å². The van der Waals surface area contributed by atoms with E-state index in [1.165, 1.54) is 50.1 Å². The van der Waals surface area contributed by atoms with Crippen LogP contribution in [0.3, 0.4) is 0 Å². The molecule has 4 aliphatic carbocycles. The van der Waals surface area contributed by atoms with Gasteiger partial charge in [-0.2, -0.15) is 9.64 Å². The smallest absolute Gasteiger partial charge is 0.218 e. The maximum atomic E-state index is 10.1. The van der Waals surface area contributed by atoms with E-state index in [-0.39, 0.29) is 5.41 Å². The average Bonchev–Trinajstić information content (AvgIpc) is 3.17. The average molecular weight is 463 g/mol. The summed E-state index contributed by atoms with van der Waals surface area (Å²) in [5, 5.41) is 10.8. The van der Waals surface area contributed by atoms with Gasteiger partial charge in [0.2, 0.25) is 5.06 Å². The number of hydrogen-bond donors (Lipinski definition) is 0. The van der Waals surface area contributed by atoms with E-state index >= 15 is 0 Å². The molecule has 0 atom stereocenters. The summed E-state index contributed by atoms with van der Waals surface area (Å²) in [7, 11) is 2.03. The largest absolute Gasteiger partial charge is 0.443 e. The van der Waals surface area contributed by atoms with Crippen molar-refractivity contribution in [3.63, 3.8) is 0 Å². The predicted molar refractivity (Wildman–Crippen MR) is 134 cm³/mol. The van der Waals surface area contributed by atoms with E-state index in [1.54, 1.807) is 0 Å². The van der Waals surface area contributed by atoms with Crippen LogP contribution in [0.15, 0.2) is 17.1 Å². The molecule has 0 N–H and O–H groups in total. The Balaban J connectivity index is 1.41. The summed E-state index contributed by atoms with van der Waals surface area (Å²) in [4.78, 5) is 6.75. The molecule has 4 saturated carbocycles. The monoisotopic (exact) mass is 462 g/mol. The highest BCUT2D eigenvalue weighted by Gasteiger charge is 2.53. The first kappa shape index (κ1) is 22.4. The second-order valence-electron chi connectivity index (χ2n) is 11.0. The molecule has 0 unspecified atom stereocenters. The number of hydrogen-bond acceptors (Lipinski definition) is 5. The van der Waals surface area contributed by atoms with E-state index in [9.17, 15) is 5.26 Å². The molecule has 6 heteroatoms. The first-order valence-electron chi connectivity index (χ1n) is 12.2. The fraction of sp³-hybridized carbons (Fsp3) is 0.593. The summed E-state index contributed by atoms with van der Waals surface area (Å²) in [5.41, 5.74) is 4.79. The molecule has 4 fully saturated rings. The van der Waals surface area contributed by atoms with Gasteiger partial charge in [-0.3, -0.25) is 0 Å². The Morgan fingerprint density at radius 3 is 2.36 bits per heavy atom. The molecular formula is C27H34N4OS. The zero-order chi connectivity index (χ0) is 23.3. The van der Waals surface area contributed by atoms with Crippen LogP contribution in [0.5, 0.6) is 10.8 Å². The second-order valence-corrected chi connectivity index (χ2v) is 11.7. The van der Waals surface area contributed by atoms with Crippen LogP contribution in [0, 0.1) is 42.9 Å². The Hall–Kier alpha value is -2.39. The summed E-state index contributed by atoms with van der Waals surface area (Å²) >= 11 is 1.35. The summed E-state index contributed by atoms with van der Waals surface area (Å²) in [6.45, 7) is 8.36. The van der Waals surface area contributed by atoms with Crippen molar-refractivity contribution in [2.45, 2.75) is 77.7 Å². The molecule has 33 heavy (non-hydrogen) atoms. The number of nitrogens with zero attached hydrogens (tertiary/aromatic N) is 4. The van der Waals surface area contributed by atoms with Gasteiger partial charge in [-0.25, -0.2) is 4.99 Å². The third-order valence-electron chi connectivity index (χ3n) is 8.20. The van der Waals surface area contributed by atoms with Crippen LogP contribution >= 0.6 is 11.5 Å². The zero-order valence-corrected chi connectivity index (χ0v) is 21.2. The summed E-state index contributed by atoms with van der Waals surface area (Å²) in [5.74, 6) is 3.24. The molecule has 1 heterocycles. The minimum atomic E-state index is 0.101. The van der Waals surface area contributed by atoms with Gasteiger partial charge in [0.1, 0.15) is 17.4 Å². The molecule has 0 aliphatic heterocycles. The van der Waals surface area contributed by atoms with Gasteiger partial charge >= 0.3 is 0 Å². The molecule has 4 aliphatic rings. The van der Waals surface area contributed by atoms with Crippen LogP contribution < -0.4 is 4.74 Å². The molecule has 0 amide bonds. The molecule has 6 rings (SSSR count). The van der Waals surface area contributed by atoms with Crippen molar-refractivity contribution >= 4 is 23.6 Å². The lowest BCUT2D eigenvalue weighted by Crippen LogP contribution is -2.49. The molecule has 174 valence electrons. The topological polar surface area (TPSA) is 61.5 Å². The molecule has 2 aromatic rings. The number of benzene rings is 1. The van der Waals surface area contributed by atoms with Gasteiger partial charge in [0.25, 0.3) is 0 Å². The number of ether oxygens (including phenoxy) is 1. The Morgan fingerprint density at radius 1 is 1.15 bits per heavy atom. The van der Waals surface area contributed by atoms with E-state index in [0.717, 1.165) is 46.0 Å². The number of aliphatic imine (C=N–C) groups is 1. The number of nitriles is 1. The normalized spacial score (nSPS) is 28.0. The van der Waals surface area contributed by atoms with E-state index < -0.39 is 0 Å². The Morgan fingerprint density at radius 2 is 1.79 bits per heavy atom. The minimum absolute atomic E-state index is 0.101. The molecule has 4 bridgehead atoms. The highest BCUT2D eigenvalue weighted by Crippen LogP contribution is 2.61. The van der Waals surface area contributed by atoms with Crippen LogP contribution in [0.25, 0.3) is 0 Å². The van der Waals surface area contributed by atoms with Crippen LogP contribution in [-0.2, 0) is 5.41 Å². The van der Waals surface area contributed by atoms with Crippen LogP contribution in [0.2, 0.25) is 0 Å². The lowest BCUT2D eigenvalue weighted by molar-refractivity contribution is -0.00693. The Kier molecular flexibility index (Phi) is 5.73. The molecular weight excluding hydrogens is 428 g/mol. The van der Waals surface area contributed by atoms with E-state index in [0.29, 0.717) is 16.7 Å². The van der Waals surface area contributed by atoms with Crippen molar-refractivity contribution in [3.8, 4) is 16.9 Å². The van der Waals surface area contributed by atoms with Crippen LogP contribution in [0.1, 0.15) is 74.8 Å². The molecule has 0 radical (unpaired) electrons.